The van der Waals surface area contributed by atoms with E-state index in [4.69, 9.17) is 13.7 Å². The number of nitrogens with zero attached hydrogens (tertiary/aromatic N) is 4. The van der Waals surface area contributed by atoms with Gasteiger partial charge in [-0.05, 0) is 39.8 Å². The molecule has 4 heterocycles. The summed E-state index contributed by atoms with van der Waals surface area (Å²) in [5.74, 6) is -1.06. The fraction of sp³-hybridized carbons (Fsp3) is 0.267. The van der Waals surface area contributed by atoms with Gasteiger partial charge in [-0.15, -0.1) is 0 Å². The first kappa shape index (κ1) is 30.2. The van der Waals surface area contributed by atoms with Crippen molar-refractivity contribution in [3.63, 3.8) is 0 Å². The molecule has 11 nitrogen and oxygen atoms in total. The monoisotopic (exact) mass is 608 g/mol. The maximum Gasteiger partial charge on any atom is 0.422 e. The summed E-state index contributed by atoms with van der Waals surface area (Å²) >= 11 is 0. The van der Waals surface area contributed by atoms with E-state index in [9.17, 15) is 22.8 Å². The molecule has 5 aromatic rings. The maximum absolute atomic E-state index is 13.4. The molecule has 0 aliphatic rings. The van der Waals surface area contributed by atoms with Crippen LogP contribution in [0.2, 0.25) is 0 Å². The number of halogens is 3. The van der Waals surface area contributed by atoms with Gasteiger partial charge in [0.05, 0.1) is 27.7 Å². The highest BCUT2D eigenvalue weighted by atomic mass is 19.4. The second kappa shape index (κ2) is 11.4. The van der Waals surface area contributed by atoms with Gasteiger partial charge in [0, 0.05) is 29.9 Å². The van der Waals surface area contributed by atoms with Gasteiger partial charge in [0.25, 0.3) is 11.8 Å². The molecule has 5 rings (SSSR count). The minimum Gasteiger partial charge on any atom is -0.467 e. The average molecular weight is 609 g/mol. The summed E-state index contributed by atoms with van der Waals surface area (Å²) in [6.45, 7) is 5.22. The Morgan fingerprint density at radius 1 is 1.00 bits per heavy atom. The third kappa shape index (κ3) is 6.09. The summed E-state index contributed by atoms with van der Waals surface area (Å²) < 4.78 is 55.6. The fourth-order valence-corrected chi connectivity index (χ4v) is 4.50. The SMILES string of the molecule is CNC(=O)c1c(-c2ccc(C)cc2)oc2nc(OCC(F)(F)F)c(-c3cnc(C)c(C(=O)NC(C)(C)c4ncon4)c3)cc12. The van der Waals surface area contributed by atoms with Crippen LogP contribution < -0.4 is 15.4 Å². The second-order valence-electron chi connectivity index (χ2n) is 10.5. The molecule has 0 bridgehead atoms. The van der Waals surface area contributed by atoms with Crippen LogP contribution in [0.25, 0.3) is 33.6 Å². The molecule has 2 amide bonds. The van der Waals surface area contributed by atoms with Crippen LogP contribution in [-0.4, -0.2) is 51.8 Å². The van der Waals surface area contributed by atoms with Crippen LogP contribution in [0, 0.1) is 13.8 Å². The minimum absolute atomic E-state index is 0.0575. The largest absolute Gasteiger partial charge is 0.467 e. The Bertz CT molecular complexity index is 1850. The molecule has 0 aliphatic heterocycles. The Kier molecular flexibility index (Phi) is 7.84. The van der Waals surface area contributed by atoms with Gasteiger partial charge in [-0.2, -0.15) is 23.1 Å². The van der Waals surface area contributed by atoms with Crippen molar-refractivity contribution in [1.82, 2.24) is 30.7 Å². The van der Waals surface area contributed by atoms with Crippen molar-refractivity contribution in [3.05, 3.63) is 77.2 Å². The number of aromatic nitrogens is 4. The number of alkyl halides is 3. The van der Waals surface area contributed by atoms with Gasteiger partial charge in [0.2, 0.25) is 18.0 Å². The summed E-state index contributed by atoms with van der Waals surface area (Å²) in [4.78, 5) is 39.0. The van der Waals surface area contributed by atoms with E-state index >= 15 is 0 Å². The van der Waals surface area contributed by atoms with Crippen molar-refractivity contribution in [3.8, 4) is 28.3 Å². The molecule has 1 aromatic carbocycles. The lowest BCUT2D eigenvalue weighted by Gasteiger charge is -2.23. The lowest BCUT2D eigenvalue weighted by molar-refractivity contribution is -0.154. The van der Waals surface area contributed by atoms with Crippen molar-refractivity contribution in [2.45, 2.75) is 39.4 Å². The third-order valence-electron chi connectivity index (χ3n) is 6.78. The van der Waals surface area contributed by atoms with Gasteiger partial charge in [-0.1, -0.05) is 35.0 Å². The number of hydrogen-bond donors (Lipinski definition) is 2. The van der Waals surface area contributed by atoms with Gasteiger partial charge in [0.15, 0.2) is 12.4 Å². The van der Waals surface area contributed by atoms with Crippen molar-refractivity contribution in [1.29, 1.82) is 0 Å². The Hall–Kier alpha value is -5.27. The van der Waals surface area contributed by atoms with Crippen molar-refractivity contribution < 1.29 is 36.4 Å². The average Bonchev–Trinajstić information content (AvgIpc) is 3.64. The van der Waals surface area contributed by atoms with Gasteiger partial charge >= 0.3 is 6.18 Å². The van der Waals surface area contributed by atoms with E-state index in [-0.39, 0.29) is 44.9 Å². The number of ether oxygens (including phenoxy) is 1. The number of pyridine rings is 2. The molecule has 0 spiro atoms. The molecule has 0 saturated carbocycles. The van der Waals surface area contributed by atoms with Gasteiger partial charge < -0.3 is 24.3 Å². The number of hydrogen-bond acceptors (Lipinski definition) is 9. The predicted molar refractivity (Wildman–Crippen MR) is 152 cm³/mol. The van der Waals surface area contributed by atoms with Crippen molar-refractivity contribution in [2.75, 3.05) is 13.7 Å². The number of aryl methyl sites for hydroxylation is 2. The third-order valence-corrected chi connectivity index (χ3v) is 6.78. The summed E-state index contributed by atoms with van der Waals surface area (Å²) in [6.07, 6.45) is -2.16. The number of rotatable bonds is 8. The molecule has 4 aromatic heterocycles. The molecule has 0 fully saturated rings. The van der Waals surface area contributed by atoms with Crippen LogP contribution in [0.15, 0.2) is 57.9 Å². The Labute approximate surface area is 248 Å². The van der Waals surface area contributed by atoms with Crippen LogP contribution in [0.3, 0.4) is 0 Å². The topological polar surface area (TPSA) is 145 Å². The zero-order valence-electron chi connectivity index (χ0n) is 24.3. The van der Waals surface area contributed by atoms with Crippen LogP contribution in [0.1, 0.15) is 51.6 Å². The number of fused-ring (bicyclic) bond motifs is 1. The number of carbonyl (C=O) groups excluding carboxylic acids is 2. The van der Waals surface area contributed by atoms with Crippen molar-refractivity contribution >= 4 is 22.9 Å². The first-order chi connectivity index (χ1) is 20.8. The van der Waals surface area contributed by atoms with E-state index in [1.807, 2.05) is 19.1 Å². The van der Waals surface area contributed by atoms with Gasteiger partial charge in [0.1, 0.15) is 5.76 Å². The summed E-state index contributed by atoms with van der Waals surface area (Å²) in [6, 6.07) is 10.1. The van der Waals surface area contributed by atoms with E-state index in [2.05, 4.69) is 30.7 Å². The summed E-state index contributed by atoms with van der Waals surface area (Å²) in [5.41, 5.74) is 1.27. The van der Waals surface area contributed by atoms with Crippen molar-refractivity contribution in [2.24, 2.45) is 0 Å². The molecule has 0 atom stereocenters. The molecule has 0 saturated heterocycles. The van der Waals surface area contributed by atoms with E-state index in [1.54, 1.807) is 32.9 Å². The number of carbonyl (C=O) groups is 2. The van der Waals surface area contributed by atoms with Crippen LogP contribution >= 0.6 is 0 Å². The Balaban J connectivity index is 1.66. The molecule has 0 unspecified atom stereocenters. The van der Waals surface area contributed by atoms with Crippen LogP contribution in [-0.2, 0) is 5.54 Å². The highest BCUT2D eigenvalue weighted by Crippen LogP contribution is 2.39. The minimum atomic E-state index is -4.67. The van der Waals surface area contributed by atoms with Crippen LogP contribution in [0.4, 0.5) is 13.2 Å². The number of amides is 2. The van der Waals surface area contributed by atoms with Gasteiger partial charge in [-0.3, -0.25) is 14.6 Å². The molecule has 0 radical (unpaired) electrons. The van der Waals surface area contributed by atoms with E-state index < -0.39 is 36.0 Å². The smallest absolute Gasteiger partial charge is 0.422 e. The number of benzene rings is 1. The lowest BCUT2D eigenvalue weighted by atomic mass is 10.00. The zero-order chi connectivity index (χ0) is 31.8. The highest BCUT2D eigenvalue weighted by Gasteiger charge is 2.32. The van der Waals surface area contributed by atoms with Crippen LogP contribution in [0.5, 0.6) is 5.88 Å². The first-order valence-corrected chi connectivity index (χ1v) is 13.3. The Morgan fingerprint density at radius 3 is 2.36 bits per heavy atom. The lowest BCUT2D eigenvalue weighted by Crippen LogP contribution is -2.42. The quantitative estimate of drug-likeness (QED) is 0.232. The molecule has 14 heteroatoms. The number of furan rings is 1. The zero-order valence-corrected chi connectivity index (χ0v) is 24.3. The van der Waals surface area contributed by atoms with Gasteiger partial charge in [-0.25, -0.2) is 0 Å². The standard InChI is InChI=1S/C30H27F3N6O5/c1-15-6-8-17(9-7-15)23-22(25(41)34-5)21-11-20(26(37-27(21)44-23)42-13-30(31,32)33)18-10-19(16(2)35-12-18)24(40)38-29(3,4)28-36-14-43-39-28/h6-12,14H,13H2,1-5H3,(H,34,41)(H,38,40). The number of nitrogens with one attached hydrogen (secondary N) is 2. The molecule has 0 aliphatic carbocycles. The van der Waals surface area contributed by atoms with E-state index in [0.717, 1.165) is 12.0 Å². The molecule has 228 valence electrons. The Morgan fingerprint density at radius 2 is 1.73 bits per heavy atom. The summed E-state index contributed by atoms with van der Waals surface area (Å²) in [5, 5.41) is 9.40. The summed E-state index contributed by atoms with van der Waals surface area (Å²) in [7, 11) is 1.44. The first-order valence-electron chi connectivity index (χ1n) is 13.3. The second-order valence-corrected chi connectivity index (χ2v) is 10.5. The van der Waals surface area contributed by atoms with E-state index in [0.29, 0.717) is 11.3 Å². The molecule has 44 heavy (non-hydrogen) atoms. The van der Waals surface area contributed by atoms with E-state index in [1.165, 1.54) is 25.4 Å². The fourth-order valence-electron chi connectivity index (χ4n) is 4.50. The highest BCUT2D eigenvalue weighted by molar-refractivity contribution is 6.11. The normalized spacial score (nSPS) is 11.9. The molecular weight excluding hydrogens is 581 g/mol. The molecular formula is C30H27F3N6O5. The maximum atomic E-state index is 13.4. The predicted octanol–water partition coefficient (Wildman–Crippen LogP) is 5.52. The molecule has 2 N–H and O–H groups in total.